The van der Waals surface area contributed by atoms with Crippen molar-refractivity contribution >= 4 is 5.69 Å². The Hall–Kier alpha value is -4.28. The topological polar surface area (TPSA) is 44.5 Å². The first kappa shape index (κ1) is 54.7. The van der Waals surface area contributed by atoms with Crippen molar-refractivity contribution in [1.29, 1.82) is 0 Å². The zero-order valence-electron chi connectivity index (χ0n) is 26.5. The number of hydrogen-bond donors (Lipinski definition) is 1. The summed E-state index contributed by atoms with van der Waals surface area (Å²) in [5, 5.41) is 0. The first-order valence-electron chi connectivity index (χ1n) is 13.3. The Morgan fingerprint density at radius 2 is 0.459 bits per heavy atom. The van der Waals surface area contributed by atoms with Crippen molar-refractivity contribution in [1.82, 2.24) is 0 Å². The first-order valence-corrected chi connectivity index (χ1v) is 13.3. The highest BCUT2D eigenvalue weighted by atomic mass is 19.5. The number of nitrogen functional groups attached to an aromatic ring is 1. The second-order valence-electron chi connectivity index (χ2n) is 11.0. The van der Waals surface area contributed by atoms with Crippen LogP contribution in [0, 0.1) is 0 Å². The molecule has 3 nitrogen and oxygen atoms in total. The van der Waals surface area contributed by atoms with Gasteiger partial charge in [0.05, 0.1) is 11.1 Å². The van der Waals surface area contributed by atoms with Crippen LogP contribution < -0.4 is 15.2 Å². The van der Waals surface area contributed by atoms with Crippen LogP contribution in [0.5, 0.6) is 11.5 Å². The molecule has 0 saturated carbocycles. The number of halogens is 34. The molecule has 0 atom stereocenters. The summed E-state index contributed by atoms with van der Waals surface area (Å²) in [5.41, 5.74) is -46.3. The van der Waals surface area contributed by atoms with Crippen LogP contribution in [0.15, 0.2) is 40.9 Å². The van der Waals surface area contributed by atoms with Gasteiger partial charge in [0.15, 0.2) is 0 Å². The van der Waals surface area contributed by atoms with Gasteiger partial charge in [-0.15, -0.1) is 0 Å². The molecule has 61 heavy (non-hydrogen) atoms. The molecule has 1 aromatic carbocycles. The van der Waals surface area contributed by atoms with Gasteiger partial charge in [0, 0.05) is 23.9 Å². The summed E-state index contributed by atoms with van der Waals surface area (Å²) in [6.07, 6.45) is -86.0. The number of benzene rings is 1. The van der Waals surface area contributed by atoms with Gasteiger partial charge in [0.1, 0.15) is 11.5 Å². The van der Waals surface area contributed by atoms with Crippen molar-refractivity contribution in [2.45, 2.75) is 84.4 Å². The van der Waals surface area contributed by atoms with E-state index in [1.165, 1.54) is 0 Å². The van der Waals surface area contributed by atoms with Crippen molar-refractivity contribution in [3.05, 3.63) is 40.9 Å². The second-order valence-corrected chi connectivity index (χ2v) is 11.0. The number of nitrogens with two attached hydrogens (primary N) is 1. The van der Waals surface area contributed by atoms with Gasteiger partial charge in [0.25, 0.3) is 0 Å². The molecule has 1 rings (SSSR count). The molecular weight excluding hydrogens is 980 g/mol. The smallest absolute Gasteiger partial charge is 0.449 e. The van der Waals surface area contributed by atoms with Crippen molar-refractivity contribution < 1.29 is 159 Å². The average molecular weight is 985 g/mol. The van der Waals surface area contributed by atoms with E-state index < -0.39 is 142 Å². The molecule has 0 aromatic heterocycles. The van der Waals surface area contributed by atoms with Crippen molar-refractivity contribution in [2.24, 2.45) is 0 Å². The minimum Gasteiger partial charge on any atom is -0.452 e. The molecule has 0 bridgehead atoms. The normalized spacial score (nSPS) is 15.4. The standard InChI is InChI=1S/C24H5F34NO2/c25-11(17(35,36)37,18(38,39)40)7(12(26,19(41,42)43)20(44,45)46)9(15(29,30)31)60-5-1-4(59)2-6(3-5)61-10(16(32,33)34)8(13(27,21(47,48)49)22(50,51)52)14(28,23(53,54)55)24(56,57)58/h1-3H,59H2. The number of hydrogen-bond acceptors (Lipinski definition) is 3. The van der Waals surface area contributed by atoms with E-state index in [-0.39, 0.29) is 0 Å². The van der Waals surface area contributed by atoms with Crippen LogP contribution in [-0.2, 0) is 0 Å². The summed E-state index contributed by atoms with van der Waals surface area (Å²) >= 11 is 0. The largest absolute Gasteiger partial charge is 0.452 e. The number of ether oxygens (including phenoxy) is 2. The van der Waals surface area contributed by atoms with Gasteiger partial charge in [-0.1, -0.05) is 0 Å². The minimum atomic E-state index is -9.00. The van der Waals surface area contributed by atoms with Crippen molar-refractivity contribution in [2.75, 3.05) is 5.73 Å². The van der Waals surface area contributed by atoms with E-state index >= 15 is 0 Å². The molecule has 37 heteroatoms. The molecule has 0 amide bonds. The van der Waals surface area contributed by atoms with Gasteiger partial charge in [-0.2, -0.15) is 132 Å². The van der Waals surface area contributed by atoms with Crippen molar-refractivity contribution in [3.63, 3.8) is 0 Å². The third-order valence-corrected chi connectivity index (χ3v) is 6.81. The molecule has 0 radical (unpaired) electrons. The molecule has 0 saturated heterocycles. The van der Waals surface area contributed by atoms with Gasteiger partial charge >= 0.3 is 84.4 Å². The fraction of sp³-hybridized carbons (Fsp3) is 0.583. The third kappa shape index (κ3) is 9.27. The molecule has 0 heterocycles. The van der Waals surface area contributed by atoms with Crippen LogP contribution in [0.3, 0.4) is 0 Å². The maximum Gasteiger partial charge on any atom is 0.449 e. The monoisotopic (exact) mass is 985 g/mol. The maximum atomic E-state index is 14.9. The Kier molecular flexibility index (Phi) is 13.4. The number of anilines is 1. The predicted octanol–water partition coefficient (Wildman–Crippen LogP) is 13.0. The van der Waals surface area contributed by atoms with Gasteiger partial charge in [-0.05, 0) is 0 Å². The molecular formula is C24H5F34NO2. The van der Waals surface area contributed by atoms with E-state index in [0.29, 0.717) is 0 Å². The highest BCUT2D eigenvalue weighted by Crippen LogP contribution is 2.65. The van der Waals surface area contributed by atoms with Gasteiger partial charge < -0.3 is 15.2 Å². The highest BCUT2D eigenvalue weighted by Gasteiger charge is 2.89. The summed E-state index contributed by atoms with van der Waals surface area (Å²) in [7, 11) is 0. The SMILES string of the molecule is Nc1cc(OC(=C(C(F)(C(F)(F)F)C(F)(F)F)C(F)(C(F)(F)F)C(F)(F)F)C(F)(F)F)cc(OC(=C(C(F)(C(F)(F)F)C(F)(F)F)C(F)(C(F)(F)F)C(F)(F)F)C(F)(F)F)c1. The van der Waals surface area contributed by atoms with E-state index in [0.717, 1.165) is 0 Å². The van der Waals surface area contributed by atoms with E-state index in [2.05, 4.69) is 15.2 Å². The predicted molar refractivity (Wildman–Crippen MR) is 122 cm³/mol. The Bertz CT molecular complexity index is 1550. The van der Waals surface area contributed by atoms with E-state index in [1.807, 2.05) is 0 Å². The quantitative estimate of drug-likeness (QED) is 0.160. The van der Waals surface area contributed by atoms with Crippen LogP contribution in [0.25, 0.3) is 0 Å². The van der Waals surface area contributed by atoms with E-state index in [4.69, 9.17) is 0 Å². The lowest BCUT2D eigenvalue weighted by atomic mass is 9.79. The maximum absolute atomic E-state index is 14.9. The van der Waals surface area contributed by atoms with Crippen LogP contribution in [-0.4, -0.2) is 84.4 Å². The van der Waals surface area contributed by atoms with Crippen LogP contribution in [0.4, 0.5) is 155 Å². The summed E-state index contributed by atoms with van der Waals surface area (Å²) in [4.78, 5) is 0. The number of allylic oxidation sites excluding steroid dienone is 4. The van der Waals surface area contributed by atoms with Crippen LogP contribution >= 0.6 is 0 Å². The number of rotatable bonds is 8. The molecule has 0 aliphatic carbocycles. The highest BCUT2D eigenvalue weighted by molar-refractivity contribution is 5.53. The molecule has 0 aliphatic rings. The fourth-order valence-electron chi connectivity index (χ4n) is 4.33. The van der Waals surface area contributed by atoms with Crippen LogP contribution in [0.1, 0.15) is 0 Å². The Morgan fingerprint density at radius 1 is 0.295 bits per heavy atom. The summed E-state index contributed by atoms with van der Waals surface area (Å²) < 4.78 is 472. The molecule has 356 valence electrons. The number of alkyl halides is 34. The fourth-order valence-corrected chi connectivity index (χ4v) is 4.33. The molecule has 0 unspecified atom stereocenters. The molecule has 0 fully saturated rings. The Labute approximate surface area is 308 Å². The summed E-state index contributed by atoms with van der Waals surface area (Å²) in [5.74, 6) is -17.6. The lowest BCUT2D eigenvalue weighted by Gasteiger charge is -2.41. The van der Waals surface area contributed by atoms with Crippen molar-refractivity contribution in [3.8, 4) is 11.5 Å². The van der Waals surface area contributed by atoms with Gasteiger partial charge in [-0.3, -0.25) is 0 Å². The third-order valence-electron chi connectivity index (χ3n) is 6.81. The zero-order valence-corrected chi connectivity index (χ0v) is 26.5. The van der Waals surface area contributed by atoms with Crippen LogP contribution in [0.2, 0.25) is 0 Å². The minimum absolute atomic E-state index is 1.02. The lowest BCUT2D eigenvalue weighted by Crippen LogP contribution is -2.67. The molecule has 0 aliphatic heterocycles. The molecule has 1 aromatic rings. The van der Waals surface area contributed by atoms with E-state index in [1.54, 1.807) is 0 Å². The lowest BCUT2D eigenvalue weighted by molar-refractivity contribution is -0.367. The van der Waals surface area contributed by atoms with Gasteiger partial charge in [0.2, 0.25) is 11.5 Å². The van der Waals surface area contributed by atoms with E-state index in [9.17, 15) is 149 Å². The van der Waals surface area contributed by atoms with Gasteiger partial charge in [-0.25, -0.2) is 17.6 Å². The zero-order chi connectivity index (χ0) is 49.6. The molecule has 2 N–H and O–H groups in total. The Morgan fingerprint density at radius 3 is 0.590 bits per heavy atom. The summed E-state index contributed by atoms with van der Waals surface area (Å²) in [6, 6.07) is -3.68. The second kappa shape index (κ2) is 14.9. The summed E-state index contributed by atoms with van der Waals surface area (Å²) in [6.45, 7) is 0. The molecule has 0 spiro atoms. The first-order chi connectivity index (χ1) is 26.1. The Balaban J connectivity index is 5.00. The average Bonchev–Trinajstić information content (AvgIpc) is 2.94.